The third-order valence-electron chi connectivity index (χ3n) is 3.91. The summed E-state index contributed by atoms with van der Waals surface area (Å²) in [5, 5.41) is 13.5. The van der Waals surface area contributed by atoms with Crippen LogP contribution in [0.15, 0.2) is 40.8 Å². The van der Waals surface area contributed by atoms with Crippen molar-refractivity contribution in [3.05, 3.63) is 46.3 Å². The summed E-state index contributed by atoms with van der Waals surface area (Å²) in [7, 11) is 1.59. The molecule has 0 bridgehead atoms. The second-order valence-electron chi connectivity index (χ2n) is 5.26. The normalized spacial score (nSPS) is 12.2. The molecule has 3 rings (SSSR count). The third kappa shape index (κ3) is 2.67. The number of nitrogens with zero attached hydrogens (tertiary/aromatic N) is 2. The van der Waals surface area contributed by atoms with Gasteiger partial charge in [0.1, 0.15) is 10.6 Å². The first-order chi connectivity index (χ1) is 11.6. The van der Waals surface area contributed by atoms with Gasteiger partial charge in [0, 0.05) is 10.9 Å². The van der Waals surface area contributed by atoms with Crippen molar-refractivity contribution in [3.8, 4) is 16.9 Å². The van der Waals surface area contributed by atoms with Crippen LogP contribution in [0, 0.1) is 0 Å². The van der Waals surface area contributed by atoms with Crippen LogP contribution in [0.5, 0.6) is 5.75 Å². The molecule has 1 aromatic carbocycles. The maximum Gasteiger partial charge on any atom is 0.263 e. The summed E-state index contributed by atoms with van der Waals surface area (Å²) in [5.74, 6) is -0.571. The molecule has 0 spiro atoms. The lowest BCUT2D eigenvalue weighted by molar-refractivity contribution is -0.310. The number of aliphatic carboxylic acids is 1. The van der Waals surface area contributed by atoms with Crippen molar-refractivity contribution < 1.29 is 14.6 Å². The molecule has 2 heterocycles. The molecule has 7 heteroatoms. The Balaban J connectivity index is 2.20. The Morgan fingerprint density at radius 3 is 2.67 bits per heavy atom. The van der Waals surface area contributed by atoms with Crippen LogP contribution in [0.25, 0.3) is 21.3 Å². The minimum absolute atomic E-state index is 0.247. The lowest BCUT2D eigenvalue weighted by atomic mass is 10.1. The highest BCUT2D eigenvalue weighted by molar-refractivity contribution is 7.17. The number of thiophene rings is 1. The molecule has 6 nitrogen and oxygen atoms in total. The Hall–Kier alpha value is -2.67. The molecule has 0 aliphatic rings. The van der Waals surface area contributed by atoms with Gasteiger partial charge in [-0.25, -0.2) is 4.98 Å². The minimum Gasteiger partial charge on any atom is -0.548 e. The summed E-state index contributed by atoms with van der Waals surface area (Å²) in [4.78, 5) is 28.9. The molecular weight excluding hydrogens is 328 g/mol. The van der Waals surface area contributed by atoms with Crippen molar-refractivity contribution in [2.45, 2.75) is 19.4 Å². The fraction of sp³-hybridized carbons (Fsp3) is 0.235. The summed E-state index contributed by atoms with van der Waals surface area (Å²) >= 11 is 1.35. The summed E-state index contributed by atoms with van der Waals surface area (Å²) in [6.45, 7) is 1.69. The number of carboxylic acid groups (broad SMARTS) is 1. The van der Waals surface area contributed by atoms with E-state index in [9.17, 15) is 14.7 Å². The Bertz CT molecular complexity index is 943. The van der Waals surface area contributed by atoms with Gasteiger partial charge in [-0.3, -0.25) is 9.36 Å². The van der Waals surface area contributed by atoms with Gasteiger partial charge in [-0.15, -0.1) is 11.3 Å². The van der Waals surface area contributed by atoms with Crippen molar-refractivity contribution in [2.24, 2.45) is 0 Å². The molecule has 0 radical (unpaired) electrons. The van der Waals surface area contributed by atoms with Gasteiger partial charge in [0.25, 0.3) is 5.56 Å². The van der Waals surface area contributed by atoms with Gasteiger partial charge in [-0.2, -0.15) is 0 Å². The van der Waals surface area contributed by atoms with Crippen LogP contribution in [0.1, 0.15) is 19.4 Å². The van der Waals surface area contributed by atoms with Gasteiger partial charge >= 0.3 is 0 Å². The zero-order valence-corrected chi connectivity index (χ0v) is 14.0. The predicted molar refractivity (Wildman–Crippen MR) is 90.2 cm³/mol. The number of carbonyl (C=O) groups is 1. The first kappa shape index (κ1) is 16.2. The molecular formula is C17H15N2O4S-. The molecule has 0 aliphatic carbocycles. The van der Waals surface area contributed by atoms with Gasteiger partial charge < -0.3 is 14.6 Å². The van der Waals surface area contributed by atoms with Gasteiger partial charge in [0.15, 0.2) is 0 Å². The van der Waals surface area contributed by atoms with Crippen LogP contribution in [0.4, 0.5) is 0 Å². The Morgan fingerprint density at radius 1 is 1.38 bits per heavy atom. The predicted octanol–water partition coefficient (Wildman–Crippen LogP) is 1.83. The lowest BCUT2D eigenvalue weighted by Crippen LogP contribution is -2.37. The van der Waals surface area contributed by atoms with Crippen molar-refractivity contribution >= 4 is 27.5 Å². The number of fused-ring (bicyclic) bond motifs is 1. The van der Waals surface area contributed by atoms with E-state index in [1.54, 1.807) is 14.0 Å². The smallest absolute Gasteiger partial charge is 0.263 e. The van der Waals surface area contributed by atoms with E-state index in [2.05, 4.69) is 4.98 Å². The minimum atomic E-state index is -1.29. The van der Waals surface area contributed by atoms with E-state index in [0.29, 0.717) is 10.2 Å². The molecule has 24 heavy (non-hydrogen) atoms. The van der Waals surface area contributed by atoms with E-state index < -0.39 is 12.0 Å². The maximum atomic E-state index is 12.8. The molecule has 0 saturated carbocycles. The maximum absolute atomic E-state index is 12.8. The molecule has 0 N–H and O–H groups in total. The zero-order chi connectivity index (χ0) is 17.3. The second kappa shape index (κ2) is 6.45. The Kier molecular flexibility index (Phi) is 4.35. The molecule has 0 amide bonds. The molecule has 2 aromatic heterocycles. The van der Waals surface area contributed by atoms with Gasteiger partial charge in [-0.1, -0.05) is 19.1 Å². The fourth-order valence-electron chi connectivity index (χ4n) is 2.63. The van der Waals surface area contributed by atoms with Crippen molar-refractivity contribution in [2.75, 3.05) is 7.11 Å². The van der Waals surface area contributed by atoms with Crippen molar-refractivity contribution in [3.63, 3.8) is 0 Å². The standard InChI is InChI=1S/C17H16N2O4S/c1-3-13(17(21)22)19-9-18-15-14(16(19)20)12(8-24-15)10-4-6-11(23-2)7-5-10/h4-9,13H,3H2,1-2H3,(H,21,22)/p-1/t13-/m0/s1. The monoisotopic (exact) mass is 343 g/mol. The first-order valence-electron chi connectivity index (χ1n) is 7.40. The Labute approximate surface area is 142 Å². The highest BCUT2D eigenvalue weighted by atomic mass is 32.1. The molecule has 0 unspecified atom stereocenters. The molecule has 0 aliphatic heterocycles. The number of carboxylic acids is 1. The topological polar surface area (TPSA) is 84.2 Å². The highest BCUT2D eigenvalue weighted by Gasteiger charge is 2.17. The van der Waals surface area contributed by atoms with Crippen LogP contribution in [-0.4, -0.2) is 22.6 Å². The van der Waals surface area contributed by atoms with E-state index in [0.717, 1.165) is 21.4 Å². The number of hydrogen-bond acceptors (Lipinski definition) is 6. The van der Waals surface area contributed by atoms with Crippen molar-refractivity contribution in [1.29, 1.82) is 0 Å². The molecule has 124 valence electrons. The average molecular weight is 343 g/mol. The van der Waals surface area contributed by atoms with E-state index in [4.69, 9.17) is 4.74 Å². The highest BCUT2D eigenvalue weighted by Crippen LogP contribution is 2.31. The van der Waals surface area contributed by atoms with Gasteiger partial charge in [0.2, 0.25) is 0 Å². The van der Waals surface area contributed by atoms with Crippen LogP contribution in [-0.2, 0) is 4.79 Å². The van der Waals surface area contributed by atoms with Crippen molar-refractivity contribution in [1.82, 2.24) is 9.55 Å². The number of hydrogen-bond donors (Lipinski definition) is 0. The van der Waals surface area contributed by atoms with Gasteiger partial charge in [-0.05, 0) is 24.1 Å². The average Bonchev–Trinajstić information content (AvgIpc) is 3.02. The van der Waals surface area contributed by atoms with E-state index in [1.807, 2.05) is 29.6 Å². The lowest BCUT2D eigenvalue weighted by Gasteiger charge is -2.18. The van der Waals surface area contributed by atoms with Gasteiger partial charge in [0.05, 0.1) is 30.8 Å². The zero-order valence-electron chi connectivity index (χ0n) is 13.2. The number of rotatable bonds is 5. The SMILES string of the molecule is CC[C@@H](C(=O)[O-])n1cnc2scc(-c3ccc(OC)cc3)c2c1=O. The summed E-state index contributed by atoms with van der Waals surface area (Å²) in [5.41, 5.74) is 1.21. The van der Waals surface area contributed by atoms with Crippen LogP contribution < -0.4 is 15.4 Å². The molecule has 0 fully saturated rings. The van der Waals surface area contributed by atoms with E-state index >= 15 is 0 Å². The summed E-state index contributed by atoms with van der Waals surface area (Å²) in [6, 6.07) is 6.30. The van der Waals surface area contributed by atoms with Crippen LogP contribution in [0.3, 0.4) is 0 Å². The van der Waals surface area contributed by atoms with E-state index in [-0.39, 0.29) is 12.0 Å². The largest absolute Gasteiger partial charge is 0.548 e. The number of benzene rings is 1. The number of ether oxygens (including phenoxy) is 1. The number of aromatic nitrogens is 2. The second-order valence-corrected chi connectivity index (χ2v) is 6.12. The molecule has 0 saturated heterocycles. The third-order valence-corrected chi connectivity index (χ3v) is 4.80. The Morgan fingerprint density at radius 2 is 2.08 bits per heavy atom. The molecule has 1 atom stereocenters. The number of methoxy groups -OCH3 is 1. The number of carbonyl (C=O) groups excluding carboxylic acids is 1. The quantitative estimate of drug-likeness (QED) is 0.706. The summed E-state index contributed by atoms with van der Waals surface area (Å²) in [6.07, 6.45) is 1.53. The van der Waals surface area contributed by atoms with Crippen LogP contribution >= 0.6 is 11.3 Å². The van der Waals surface area contributed by atoms with Crippen LogP contribution in [0.2, 0.25) is 0 Å². The fourth-order valence-corrected chi connectivity index (χ4v) is 3.53. The van der Waals surface area contributed by atoms with E-state index in [1.165, 1.54) is 17.7 Å². The summed E-state index contributed by atoms with van der Waals surface area (Å²) < 4.78 is 6.28. The first-order valence-corrected chi connectivity index (χ1v) is 8.28. The molecule has 3 aromatic rings.